The summed E-state index contributed by atoms with van der Waals surface area (Å²) in [5, 5.41) is 0. The molecule has 0 aliphatic carbocycles. The highest BCUT2D eigenvalue weighted by atomic mass is 19.1. The van der Waals surface area contributed by atoms with Crippen molar-refractivity contribution in [3.05, 3.63) is 82.4 Å². The molecule has 0 saturated carbocycles. The molecule has 0 unspecified atom stereocenters. The van der Waals surface area contributed by atoms with E-state index in [1.807, 2.05) is 11.9 Å². The Balaban J connectivity index is 1.94. The van der Waals surface area contributed by atoms with Gasteiger partial charge in [-0.25, -0.2) is 8.78 Å². The second-order valence-electron chi connectivity index (χ2n) is 5.95. The number of nitrogens with zero attached hydrogens (tertiary/aromatic N) is 1. The van der Waals surface area contributed by atoms with Crippen LogP contribution >= 0.6 is 0 Å². The number of ketones is 1. The first-order chi connectivity index (χ1) is 11.5. The van der Waals surface area contributed by atoms with Crippen LogP contribution in [0.1, 0.15) is 11.1 Å². The van der Waals surface area contributed by atoms with Crippen LogP contribution in [-0.2, 0) is 4.79 Å². The Labute approximate surface area is 139 Å². The van der Waals surface area contributed by atoms with Gasteiger partial charge in [-0.3, -0.25) is 9.69 Å². The van der Waals surface area contributed by atoms with Crippen LogP contribution in [0.25, 0.3) is 12.2 Å². The van der Waals surface area contributed by atoms with E-state index in [9.17, 15) is 13.6 Å². The zero-order chi connectivity index (χ0) is 17.1. The Bertz CT molecular complexity index is 772. The van der Waals surface area contributed by atoms with Gasteiger partial charge in [0.05, 0.1) is 0 Å². The van der Waals surface area contributed by atoms with Crippen LogP contribution in [0, 0.1) is 11.6 Å². The molecule has 0 amide bonds. The van der Waals surface area contributed by atoms with Gasteiger partial charge in [-0.2, -0.15) is 0 Å². The smallest absolute Gasteiger partial charge is 0.187 e. The van der Waals surface area contributed by atoms with E-state index >= 15 is 0 Å². The van der Waals surface area contributed by atoms with Crippen molar-refractivity contribution in [1.29, 1.82) is 0 Å². The Hall–Kier alpha value is -2.59. The summed E-state index contributed by atoms with van der Waals surface area (Å²) in [6, 6.07) is 12.3. The van der Waals surface area contributed by atoms with Crippen LogP contribution in [0.15, 0.2) is 59.7 Å². The fourth-order valence-electron chi connectivity index (χ4n) is 2.80. The fraction of sp³-hybridized carbons (Fsp3) is 0.150. The van der Waals surface area contributed by atoms with Gasteiger partial charge in [-0.1, -0.05) is 24.3 Å². The highest BCUT2D eigenvalue weighted by molar-refractivity contribution is 6.14. The largest absolute Gasteiger partial charge is 0.298 e. The number of hydrogen-bond donors (Lipinski definition) is 0. The molecule has 0 aromatic heterocycles. The number of hydrogen-bond acceptors (Lipinski definition) is 2. The highest BCUT2D eigenvalue weighted by Gasteiger charge is 2.23. The van der Waals surface area contributed by atoms with Crippen LogP contribution < -0.4 is 0 Å². The molecular weight excluding hydrogens is 308 g/mol. The van der Waals surface area contributed by atoms with Gasteiger partial charge in [0.1, 0.15) is 11.6 Å². The topological polar surface area (TPSA) is 20.3 Å². The number of likely N-dealkylation sites (N-methyl/N-ethyl adjacent to an activating group) is 1. The van der Waals surface area contributed by atoms with Crippen molar-refractivity contribution in [2.24, 2.45) is 0 Å². The molecule has 4 heteroatoms. The molecule has 1 saturated heterocycles. The number of piperidine rings is 1. The van der Waals surface area contributed by atoms with Crippen molar-refractivity contribution < 1.29 is 13.6 Å². The molecule has 2 nitrogen and oxygen atoms in total. The number of rotatable bonds is 2. The maximum Gasteiger partial charge on any atom is 0.187 e. The summed E-state index contributed by atoms with van der Waals surface area (Å²) in [4.78, 5) is 14.7. The number of benzene rings is 2. The third-order valence-corrected chi connectivity index (χ3v) is 3.84. The van der Waals surface area contributed by atoms with Gasteiger partial charge in [0.2, 0.25) is 0 Å². The lowest BCUT2D eigenvalue weighted by molar-refractivity contribution is -0.113. The van der Waals surface area contributed by atoms with E-state index in [1.165, 1.54) is 24.3 Å². The second-order valence-corrected chi connectivity index (χ2v) is 5.95. The standard InChI is InChI=1S/C20H17F2NO/c1-23-12-16(8-14-4-2-6-18(21)10-14)20(24)17(13-23)9-15-5-3-7-19(22)11-15/h2-11H,12-13H2,1H3. The lowest BCUT2D eigenvalue weighted by atomic mass is 9.94. The van der Waals surface area contributed by atoms with Crippen molar-refractivity contribution in [2.75, 3.05) is 20.1 Å². The van der Waals surface area contributed by atoms with Gasteiger partial charge in [0, 0.05) is 24.2 Å². The van der Waals surface area contributed by atoms with Crippen LogP contribution in [0.5, 0.6) is 0 Å². The van der Waals surface area contributed by atoms with Crippen molar-refractivity contribution in [3.8, 4) is 0 Å². The summed E-state index contributed by atoms with van der Waals surface area (Å²) in [6.45, 7) is 0.992. The van der Waals surface area contributed by atoms with Gasteiger partial charge in [0.15, 0.2) is 5.78 Å². The van der Waals surface area contributed by atoms with Gasteiger partial charge >= 0.3 is 0 Å². The second kappa shape index (κ2) is 6.89. The van der Waals surface area contributed by atoms with Crippen LogP contribution in [0.3, 0.4) is 0 Å². The maximum atomic E-state index is 13.3. The molecule has 0 N–H and O–H groups in total. The number of likely N-dealkylation sites (tertiary alicyclic amines) is 1. The van der Waals surface area contributed by atoms with Gasteiger partial charge in [-0.05, 0) is 54.6 Å². The Morgan fingerprint density at radius 2 is 1.33 bits per heavy atom. The molecule has 0 atom stereocenters. The lowest BCUT2D eigenvalue weighted by Crippen LogP contribution is -2.34. The zero-order valence-corrected chi connectivity index (χ0v) is 13.3. The van der Waals surface area contributed by atoms with Crippen molar-refractivity contribution in [1.82, 2.24) is 4.90 Å². The van der Waals surface area contributed by atoms with Gasteiger partial charge < -0.3 is 0 Å². The molecule has 0 spiro atoms. The monoisotopic (exact) mass is 325 g/mol. The van der Waals surface area contributed by atoms with Crippen LogP contribution in [-0.4, -0.2) is 30.8 Å². The molecule has 0 radical (unpaired) electrons. The summed E-state index contributed by atoms with van der Waals surface area (Å²) in [6.07, 6.45) is 3.42. The minimum Gasteiger partial charge on any atom is -0.298 e. The minimum atomic E-state index is -0.337. The molecule has 0 bridgehead atoms. The first kappa shape index (κ1) is 16.3. The molecule has 1 aliphatic heterocycles. The number of carbonyl (C=O) groups excluding carboxylic acids is 1. The fourth-order valence-corrected chi connectivity index (χ4v) is 2.80. The summed E-state index contributed by atoms with van der Waals surface area (Å²) in [5.41, 5.74) is 2.49. The van der Waals surface area contributed by atoms with Gasteiger partial charge in [0.25, 0.3) is 0 Å². The van der Waals surface area contributed by atoms with E-state index in [-0.39, 0.29) is 17.4 Å². The van der Waals surface area contributed by atoms with Crippen LogP contribution in [0.4, 0.5) is 8.78 Å². The molecule has 1 fully saturated rings. The van der Waals surface area contributed by atoms with E-state index in [4.69, 9.17) is 0 Å². The van der Waals surface area contributed by atoms with E-state index in [0.717, 1.165) is 0 Å². The van der Waals surface area contributed by atoms with Crippen molar-refractivity contribution >= 4 is 17.9 Å². The van der Waals surface area contributed by atoms with Crippen LogP contribution in [0.2, 0.25) is 0 Å². The molecule has 2 aromatic carbocycles. The number of carbonyl (C=O) groups is 1. The van der Waals surface area contributed by atoms with E-state index in [0.29, 0.717) is 35.4 Å². The average molecular weight is 325 g/mol. The first-order valence-electron chi connectivity index (χ1n) is 7.67. The highest BCUT2D eigenvalue weighted by Crippen LogP contribution is 2.21. The molecule has 1 heterocycles. The van der Waals surface area contributed by atoms with Crippen molar-refractivity contribution in [2.45, 2.75) is 0 Å². The summed E-state index contributed by atoms with van der Waals surface area (Å²) < 4.78 is 26.7. The van der Waals surface area contributed by atoms with Crippen molar-refractivity contribution in [3.63, 3.8) is 0 Å². The molecule has 24 heavy (non-hydrogen) atoms. The van der Waals surface area contributed by atoms with Gasteiger partial charge in [-0.15, -0.1) is 0 Å². The maximum absolute atomic E-state index is 13.3. The third-order valence-electron chi connectivity index (χ3n) is 3.84. The summed E-state index contributed by atoms with van der Waals surface area (Å²) in [5.74, 6) is -0.755. The zero-order valence-electron chi connectivity index (χ0n) is 13.3. The third kappa shape index (κ3) is 3.84. The SMILES string of the molecule is CN1CC(=Cc2cccc(F)c2)C(=O)C(=Cc2cccc(F)c2)C1. The molecular formula is C20H17F2NO. The predicted octanol–water partition coefficient (Wildman–Crippen LogP) is 3.95. The molecule has 1 aliphatic rings. The Kier molecular flexibility index (Phi) is 4.67. The molecule has 122 valence electrons. The van der Waals surface area contributed by atoms with E-state index < -0.39 is 0 Å². The quantitative estimate of drug-likeness (QED) is 0.779. The Morgan fingerprint density at radius 1 is 0.875 bits per heavy atom. The summed E-state index contributed by atoms with van der Waals surface area (Å²) >= 11 is 0. The Morgan fingerprint density at radius 3 is 1.75 bits per heavy atom. The normalized spacial score (nSPS) is 19.2. The predicted molar refractivity (Wildman–Crippen MR) is 91.3 cm³/mol. The first-order valence-corrected chi connectivity index (χ1v) is 7.67. The average Bonchev–Trinajstić information content (AvgIpc) is 2.52. The van der Waals surface area contributed by atoms with E-state index in [2.05, 4.69) is 0 Å². The summed E-state index contributed by atoms with van der Waals surface area (Å²) in [7, 11) is 1.91. The molecule has 3 rings (SSSR count). The van der Waals surface area contributed by atoms with E-state index in [1.54, 1.807) is 36.4 Å². The minimum absolute atomic E-state index is 0.0818. The molecule has 2 aromatic rings. The lowest BCUT2D eigenvalue weighted by Gasteiger charge is -2.26. The number of halogens is 2. The number of Topliss-reactive ketones (excluding diaryl/α,β-unsaturated/α-hetero) is 1.